The molecule has 1 aromatic carbocycles. The van der Waals surface area contributed by atoms with Crippen molar-refractivity contribution in [1.82, 2.24) is 4.98 Å². The monoisotopic (exact) mass is 385 g/mol. The van der Waals surface area contributed by atoms with E-state index in [9.17, 15) is 29.4 Å². The Hall–Kier alpha value is -3.95. The Labute approximate surface area is 156 Å². The number of nitrogens with two attached hydrogens (primary N) is 1. The van der Waals surface area contributed by atoms with Crippen LogP contribution in [0.1, 0.15) is 40.0 Å². The number of nitrogens with one attached hydrogen (secondary N) is 1. The largest absolute Gasteiger partial charge is 0.477 e. The van der Waals surface area contributed by atoms with Crippen molar-refractivity contribution in [3.05, 3.63) is 45.4 Å². The molecular formula is C18H15N3O7. The van der Waals surface area contributed by atoms with E-state index in [0.717, 1.165) is 12.1 Å². The fourth-order valence-corrected chi connectivity index (χ4v) is 2.98. The molecule has 0 unspecified atom stereocenters. The first-order valence-corrected chi connectivity index (χ1v) is 8.20. The van der Waals surface area contributed by atoms with Gasteiger partial charge in [0.05, 0.1) is 16.6 Å². The van der Waals surface area contributed by atoms with Crippen LogP contribution in [0.3, 0.4) is 0 Å². The van der Waals surface area contributed by atoms with Crippen molar-refractivity contribution < 1.29 is 29.0 Å². The van der Waals surface area contributed by atoms with Gasteiger partial charge in [-0.3, -0.25) is 4.79 Å². The Morgan fingerprint density at radius 3 is 2.43 bits per heavy atom. The zero-order valence-electron chi connectivity index (χ0n) is 14.6. The van der Waals surface area contributed by atoms with E-state index >= 15 is 0 Å². The number of rotatable bonds is 5. The lowest BCUT2D eigenvalue weighted by molar-refractivity contribution is 0.0660. The molecule has 2 amide bonds. The minimum absolute atomic E-state index is 0.0133. The van der Waals surface area contributed by atoms with Crippen LogP contribution in [0.5, 0.6) is 0 Å². The number of primary amides is 1. The number of nitrogens with zero attached hydrogens (tertiary/aromatic N) is 1. The number of fused-ring (bicyclic) bond motifs is 2. The Morgan fingerprint density at radius 1 is 1.14 bits per heavy atom. The van der Waals surface area contributed by atoms with Crippen molar-refractivity contribution in [3.63, 3.8) is 0 Å². The summed E-state index contributed by atoms with van der Waals surface area (Å²) in [6.45, 7) is 1.84. The summed E-state index contributed by atoms with van der Waals surface area (Å²) in [6, 6.07) is 2.43. The van der Waals surface area contributed by atoms with Crippen molar-refractivity contribution in [3.8, 4) is 0 Å². The van der Waals surface area contributed by atoms with Crippen LogP contribution in [0.2, 0.25) is 0 Å². The molecule has 0 saturated carbocycles. The van der Waals surface area contributed by atoms with Gasteiger partial charge in [0.15, 0.2) is 11.1 Å². The van der Waals surface area contributed by atoms with E-state index in [1.807, 2.05) is 6.92 Å². The maximum atomic E-state index is 12.5. The number of aryl methyl sites for hydroxylation is 1. The number of hydrogen-bond acceptors (Lipinski definition) is 6. The lowest BCUT2D eigenvalue weighted by Crippen LogP contribution is -2.20. The highest BCUT2D eigenvalue weighted by molar-refractivity contribution is 6.08. The summed E-state index contributed by atoms with van der Waals surface area (Å²) >= 11 is 0. The predicted molar refractivity (Wildman–Crippen MR) is 98.9 cm³/mol. The number of urea groups is 1. The third kappa shape index (κ3) is 3.22. The first-order chi connectivity index (χ1) is 13.2. The number of carboxylic acids is 2. The minimum Gasteiger partial charge on any atom is -0.477 e. The zero-order chi connectivity index (χ0) is 20.6. The van der Waals surface area contributed by atoms with Crippen LogP contribution < -0.4 is 16.5 Å². The summed E-state index contributed by atoms with van der Waals surface area (Å²) in [6.07, 6.45) is 0.902. The van der Waals surface area contributed by atoms with Crippen LogP contribution in [0, 0.1) is 0 Å². The molecule has 0 radical (unpaired) electrons. The molecule has 3 aromatic rings. The van der Waals surface area contributed by atoms with Gasteiger partial charge in [0.2, 0.25) is 5.76 Å². The first-order valence-electron chi connectivity index (χ1n) is 8.20. The lowest BCUT2D eigenvalue weighted by atomic mass is 9.99. The van der Waals surface area contributed by atoms with Crippen LogP contribution in [-0.2, 0) is 6.42 Å². The number of aromatic nitrogens is 1. The minimum atomic E-state index is -1.41. The highest BCUT2D eigenvalue weighted by Crippen LogP contribution is 2.32. The first kappa shape index (κ1) is 18.8. The summed E-state index contributed by atoms with van der Waals surface area (Å²) in [7, 11) is 0. The highest BCUT2D eigenvalue weighted by atomic mass is 16.4. The number of amides is 2. The Morgan fingerprint density at radius 2 is 1.86 bits per heavy atom. The van der Waals surface area contributed by atoms with Gasteiger partial charge in [-0.15, -0.1) is 0 Å². The van der Waals surface area contributed by atoms with Crippen molar-refractivity contribution in [2.45, 2.75) is 19.8 Å². The maximum Gasteiger partial charge on any atom is 0.371 e. The number of benzene rings is 1. The van der Waals surface area contributed by atoms with Gasteiger partial charge in [0, 0.05) is 17.0 Å². The molecule has 10 nitrogen and oxygen atoms in total. The van der Waals surface area contributed by atoms with Crippen LogP contribution in [0.4, 0.5) is 10.5 Å². The molecule has 10 heteroatoms. The van der Waals surface area contributed by atoms with E-state index in [4.69, 9.17) is 10.2 Å². The van der Waals surface area contributed by atoms with Crippen molar-refractivity contribution in [1.29, 1.82) is 0 Å². The Balaban J connectivity index is 2.54. The van der Waals surface area contributed by atoms with Gasteiger partial charge in [-0.25, -0.2) is 19.4 Å². The summed E-state index contributed by atoms with van der Waals surface area (Å²) < 4.78 is 5.42. The summed E-state index contributed by atoms with van der Waals surface area (Å²) in [4.78, 5) is 50.6. The molecule has 0 fully saturated rings. The van der Waals surface area contributed by atoms with Crippen molar-refractivity contribution in [2.24, 2.45) is 5.73 Å². The van der Waals surface area contributed by atoms with E-state index < -0.39 is 29.2 Å². The molecule has 28 heavy (non-hydrogen) atoms. The molecule has 0 spiro atoms. The molecule has 0 atom stereocenters. The van der Waals surface area contributed by atoms with Gasteiger partial charge in [-0.05, 0) is 18.6 Å². The fourth-order valence-electron chi connectivity index (χ4n) is 2.98. The van der Waals surface area contributed by atoms with Gasteiger partial charge in [0.25, 0.3) is 0 Å². The van der Waals surface area contributed by atoms with Crippen molar-refractivity contribution in [2.75, 3.05) is 5.32 Å². The third-order valence-corrected chi connectivity index (χ3v) is 4.08. The van der Waals surface area contributed by atoms with E-state index in [1.165, 1.54) is 6.07 Å². The van der Waals surface area contributed by atoms with Gasteiger partial charge in [-0.1, -0.05) is 13.3 Å². The van der Waals surface area contributed by atoms with Crippen LogP contribution in [-0.4, -0.2) is 33.2 Å². The number of anilines is 1. The quantitative estimate of drug-likeness (QED) is 0.483. The number of hydrogen-bond donors (Lipinski definition) is 4. The number of carbonyl (C=O) groups excluding carboxylic acids is 1. The molecule has 0 aliphatic heterocycles. The number of pyridine rings is 1. The molecule has 5 N–H and O–H groups in total. The summed E-state index contributed by atoms with van der Waals surface area (Å²) in [5, 5.41) is 21.2. The van der Waals surface area contributed by atoms with E-state index in [0.29, 0.717) is 18.4 Å². The standard InChI is InChI=1S/C18H15N3O7/c1-2-3-7-14-8(10(21-18(19)27)5-11(20-14)16(23)24)4-9-12(22)6-13(17(25)26)28-15(7)9/h4-6H,2-3H2,1H3,(H,23,24)(H,25,26)(H3,19,20,21,27). The number of carboxylic acid groups (broad SMARTS) is 2. The zero-order valence-corrected chi connectivity index (χ0v) is 14.6. The average Bonchev–Trinajstić information content (AvgIpc) is 2.61. The third-order valence-electron chi connectivity index (χ3n) is 4.08. The van der Waals surface area contributed by atoms with E-state index in [1.54, 1.807) is 0 Å². The van der Waals surface area contributed by atoms with Crippen LogP contribution in [0.25, 0.3) is 21.9 Å². The Bertz CT molecular complexity index is 1210. The van der Waals surface area contributed by atoms with Gasteiger partial charge < -0.3 is 25.7 Å². The second-order valence-electron chi connectivity index (χ2n) is 6.01. The molecule has 0 aliphatic rings. The van der Waals surface area contributed by atoms with Crippen LogP contribution in [0.15, 0.2) is 27.4 Å². The Kier molecular flexibility index (Phi) is 4.70. The number of carbonyl (C=O) groups is 3. The SMILES string of the molecule is CCCc1c2nc(C(=O)O)cc(NC(N)=O)c2cc2c(=O)cc(C(=O)O)oc12. The molecule has 2 aromatic heterocycles. The predicted octanol–water partition coefficient (Wildman–Crippen LogP) is 2.18. The lowest BCUT2D eigenvalue weighted by Gasteiger charge is -2.13. The second-order valence-corrected chi connectivity index (χ2v) is 6.01. The topological polar surface area (TPSA) is 173 Å². The van der Waals surface area contributed by atoms with Gasteiger partial charge in [0.1, 0.15) is 5.58 Å². The van der Waals surface area contributed by atoms with Gasteiger partial charge in [-0.2, -0.15) is 0 Å². The average molecular weight is 385 g/mol. The summed E-state index contributed by atoms with van der Waals surface area (Å²) in [5.41, 5.74) is 4.84. The molecule has 0 aliphatic carbocycles. The molecule has 144 valence electrons. The molecule has 0 saturated heterocycles. The molecular weight excluding hydrogens is 370 g/mol. The smallest absolute Gasteiger partial charge is 0.371 e. The van der Waals surface area contributed by atoms with Gasteiger partial charge >= 0.3 is 18.0 Å². The summed E-state index contributed by atoms with van der Waals surface area (Å²) in [5.74, 6) is -3.29. The molecule has 3 rings (SSSR count). The normalized spacial score (nSPS) is 10.9. The second kappa shape index (κ2) is 6.99. The van der Waals surface area contributed by atoms with Crippen LogP contribution >= 0.6 is 0 Å². The highest BCUT2D eigenvalue weighted by Gasteiger charge is 2.21. The molecule has 2 heterocycles. The fraction of sp³-hybridized carbons (Fsp3) is 0.167. The number of aromatic carboxylic acids is 2. The molecule has 0 bridgehead atoms. The van der Waals surface area contributed by atoms with Crippen molar-refractivity contribution >= 4 is 45.5 Å². The van der Waals surface area contributed by atoms with E-state index in [-0.39, 0.29) is 33.3 Å². The van der Waals surface area contributed by atoms with E-state index in [2.05, 4.69) is 10.3 Å². The maximum absolute atomic E-state index is 12.5.